The zero-order chi connectivity index (χ0) is 14.0. The van der Waals surface area contributed by atoms with Crippen molar-refractivity contribution in [2.45, 2.75) is 0 Å². The lowest BCUT2D eigenvalue weighted by Crippen LogP contribution is -2.12. The molecule has 0 radical (unpaired) electrons. The van der Waals surface area contributed by atoms with Gasteiger partial charge in [-0.05, 0) is 52.3 Å². The van der Waals surface area contributed by atoms with E-state index >= 15 is 0 Å². The number of hydrogen-bond acceptors (Lipinski definition) is 1. The van der Waals surface area contributed by atoms with Gasteiger partial charge in [-0.15, -0.1) is 0 Å². The largest absolute Gasteiger partial charge is 0.322 e. The van der Waals surface area contributed by atoms with Crippen molar-refractivity contribution in [2.24, 2.45) is 0 Å². The highest BCUT2D eigenvalue weighted by molar-refractivity contribution is 9.10. The van der Waals surface area contributed by atoms with Gasteiger partial charge in [0.05, 0.1) is 4.47 Å². The average Bonchev–Trinajstić information content (AvgIpc) is 2.31. The molecule has 0 aromatic heterocycles. The Morgan fingerprint density at radius 3 is 2.53 bits per heavy atom. The number of benzene rings is 2. The first-order chi connectivity index (χ1) is 8.95. The molecule has 0 saturated carbocycles. The number of rotatable bonds is 2. The van der Waals surface area contributed by atoms with Crippen molar-refractivity contribution >= 4 is 39.1 Å². The highest BCUT2D eigenvalue weighted by Gasteiger charge is 2.10. The third-order valence-electron chi connectivity index (χ3n) is 2.30. The minimum Gasteiger partial charge on any atom is -0.322 e. The lowest BCUT2D eigenvalue weighted by Gasteiger charge is -2.06. The molecule has 0 aliphatic rings. The maximum atomic E-state index is 13.3. The maximum absolute atomic E-state index is 13.3. The monoisotopic (exact) mass is 345 g/mol. The first-order valence-electron chi connectivity index (χ1n) is 5.18. The highest BCUT2D eigenvalue weighted by atomic mass is 79.9. The summed E-state index contributed by atoms with van der Waals surface area (Å²) in [6.07, 6.45) is 0. The fraction of sp³-hybridized carbons (Fsp3) is 0. The van der Waals surface area contributed by atoms with E-state index in [4.69, 9.17) is 11.6 Å². The number of halogens is 4. The summed E-state index contributed by atoms with van der Waals surface area (Å²) in [7, 11) is 0. The Kier molecular flexibility index (Phi) is 4.17. The fourth-order valence-corrected chi connectivity index (χ4v) is 1.94. The van der Waals surface area contributed by atoms with Crippen molar-refractivity contribution in [1.82, 2.24) is 0 Å². The maximum Gasteiger partial charge on any atom is 0.255 e. The molecule has 0 spiro atoms. The van der Waals surface area contributed by atoms with Gasteiger partial charge in [0.2, 0.25) is 0 Å². The van der Waals surface area contributed by atoms with Crippen LogP contribution in [0.25, 0.3) is 0 Å². The molecule has 2 nitrogen and oxygen atoms in total. The van der Waals surface area contributed by atoms with Gasteiger partial charge in [0, 0.05) is 16.3 Å². The molecule has 2 aromatic rings. The number of nitrogens with one attached hydrogen (secondary N) is 1. The molecular weight excluding hydrogens is 340 g/mol. The number of carbonyl (C=O) groups excluding carboxylic acids is 1. The van der Waals surface area contributed by atoms with Crippen LogP contribution in [0.15, 0.2) is 40.9 Å². The molecule has 0 heterocycles. The summed E-state index contributed by atoms with van der Waals surface area (Å²) in [6, 6.07) is 7.60. The molecule has 1 N–H and O–H groups in total. The van der Waals surface area contributed by atoms with Gasteiger partial charge in [0.25, 0.3) is 5.91 Å². The van der Waals surface area contributed by atoms with Crippen LogP contribution in [0.5, 0.6) is 0 Å². The Labute approximate surface area is 121 Å². The summed E-state index contributed by atoms with van der Waals surface area (Å²) in [5.74, 6) is -1.66. The van der Waals surface area contributed by atoms with E-state index in [1.165, 1.54) is 18.2 Å². The molecule has 6 heteroatoms. The topological polar surface area (TPSA) is 29.1 Å². The molecule has 0 fully saturated rings. The van der Waals surface area contributed by atoms with Gasteiger partial charge in [0.15, 0.2) is 0 Å². The predicted molar refractivity (Wildman–Crippen MR) is 73.5 cm³/mol. The third kappa shape index (κ3) is 3.52. The van der Waals surface area contributed by atoms with Crippen LogP contribution in [-0.2, 0) is 0 Å². The van der Waals surface area contributed by atoms with Crippen molar-refractivity contribution in [1.29, 1.82) is 0 Å². The van der Waals surface area contributed by atoms with Gasteiger partial charge in [-0.25, -0.2) is 8.78 Å². The molecule has 2 rings (SSSR count). The van der Waals surface area contributed by atoms with Crippen LogP contribution in [-0.4, -0.2) is 5.91 Å². The smallest absolute Gasteiger partial charge is 0.255 e. The van der Waals surface area contributed by atoms with Crippen molar-refractivity contribution in [3.8, 4) is 0 Å². The lowest BCUT2D eigenvalue weighted by molar-refractivity contribution is 0.102. The van der Waals surface area contributed by atoms with E-state index < -0.39 is 17.5 Å². The summed E-state index contributed by atoms with van der Waals surface area (Å²) in [6.45, 7) is 0. The normalized spacial score (nSPS) is 10.3. The summed E-state index contributed by atoms with van der Waals surface area (Å²) in [4.78, 5) is 11.8. The van der Waals surface area contributed by atoms with Gasteiger partial charge >= 0.3 is 0 Å². The second-order valence-electron chi connectivity index (χ2n) is 3.74. The average molecular weight is 347 g/mol. The fourth-order valence-electron chi connectivity index (χ4n) is 1.47. The quantitative estimate of drug-likeness (QED) is 0.844. The molecule has 0 atom stereocenters. The first-order valence-corrected chi connectivity index (χ1v) is 6.35. The van der Waals surface area contributed by atoms with Crippen molar-refractivity contribution < 1.29 is 13.6 Å². The van der Waals surface area contributed by atoms with E-state index in [1.807, 2.05) is 0 Å². The number of carbonyl (C=O) groups is 1. The summed E-state index contributed by atoms with van der Waals surface area (Å²) in [5, 5.41) is 2.61. The van der Waals surface area contributed by atoms with E-state index in [0.29, 0.717) is 0 Å². The Balaban J connectivity index is 2.22. The summed E-state index contributed by atoms with van der Waals surface area (Å²) in [5.41, 5.74) is 0.333. The minimum atomic E-state index is -0.565. The SMILES string of the molecule is O=C(Nc1cc(F)cc(Cl)c1)c1ccc(Br)c(F)c1. The minimum absolute atomic E-state index is 0.126. The standard InChI is InChI=1S/C13H7BrClF2NO/c14-11-2-1-7(3-12(11)17)13(19)18-10-5-8(15)4-9(16)6-10/h1-6H,(H,18,19). The van der Waals surface area contributed by atoms with Crippen molar-refractivity contribution in [3.05, 3.63) is 63.1 Å². The van der Waals surface area contributed by atoms with Crippen LogP contribution in [0.2, 0.25) is 5.02 Å². The van der Waals surface area contributed by atoms with Crippen LogP contribution in [0.1, 0.15) is 10.4 Å². The number of amides is 1. The molecule has 0 unspecified atom stereocenters. The third-order valence-corrected chi connectivity index (χ3v) is 3.16. The number of anilines is 1. The summed E-state index contributed by atoms with van der Waals surface area (Å²) < 4.78 is 26.7. The van der Waals surface area contributed by atoms with Crippen LogP contribution >= 0.6 is 27.5 Å². The Bertz CT molecular complexity index is 628. The highest BCUT2D eigenvalue weighted by Crippen LogP contribution is 2.20. The van der Waals surface area contributed by atoms with E-state index in [-0.39, 0.29) is 20.7 Å². The van der Waals surface area contributed by atoms with E-state index in [9.17, 15) is 13.6 Å². The van der Waals surface area contributed by atoms with E-state index in [0.717, 1.165) is 18.2 Å². The molecule has 2 aromatic carbocycles. The molecular formula is C13H7BrClF2NO. The second kappa shape index (κ2) is 5.67. The molecule has 19 heavy (non-hydrogen) atoms. The Hall–Kier alpha value is -1.46. The predicted octanol–water partition coefficient (Wildman–Crippen LogP) is 4.63. The van der Waals surface area contributed by atoms with E-state index in [1.54, 1.807) is 0 Å². The van der Waals surface area contributed by atoms with Gasteiger partial charge in [-0.1, -0.05) is 11.6 Å². The lowest BCUT2D eigenvalue weighted by atomic mass is 10.2. The van der Waals surface area contributed by atoms with Crippen LogP contribution in [0, 0.1) is 11.6 Å². The molecule has 0 saturated heterocycles. The second-order valence-corrected chi connectivity index (χ2v) is 5.03. The zero-order valence-electron chi connectivity index (χ0n) is 9.38. The van der Waals surface area contributed by atoms with Gasteiger partial charge in [0.1, 0.15) is 11.6 Å². The van der Waals surface area contributed by atoms with Crippen LogP contribution in [0.3, 0.4) is 0 Å². The Morgan fingerprint density at radius 2 is 1.89 bits per heavy atom. The van der Waals surface area contributed by atoms with Crippen molar-refractivity contribution in [3.63, 3.8) is 0 Å². The molecule has 98 valence electrons. The summed E-state index contributed by atoms with van der Waals surface area (Å²) >= 11 is 8.66. The van der Waals surface area contributed by atoms with Gasteiger partial charge < -0.3 is 5.32 Å². The van der Waals surface area contributed by atoms with Crippen molar-refractivity contribution in [2.75, 3.05) is 5.32 Å². The number of hydrogen-bond donors (Lipinski definition) is 1. The van der Waals surface area contributed by atoms with Crippen LogP contribution < -0.4 is 5.32 Å². The van der Waals surface area contributed by atoms with E-state index in [2.05, 4.69) is 21.2 Å². The zero-order valence-corrected chi connectivity index (χ0v) is 11.7. The van der Waals surface area contributed by atoms with Gasteiger partial charge in [-0.2, -0.15) is 0 Å². The molecule has 0 aliphatic heterocycles. The molecule has 1 amide bonds. The van der Waals surface area contributed by atoms with Gasteiger partial charge in [-0.3, -0.25) is 4.79 Å². The first kappa shape index (κ1) is 14.0. The molecule has 0 bridgehead atoms. The molecule has 0 aliphatic carbocycles. The Morgan fingerprint density at radius 1 is 1.16 bits per heavy atom. The van der Waals surface area contributed by atoms with Crippen LogP contribution in [0.4, 0.5) is 14.5 Å².